The van der Waals surface area contributed by atoms with Gasteiger partial charge in [-0.3, -0.25) is 4.79 Å². The fourth-order valence-corrected chi connectivity index (χ4v) is 2.59. The van der Waals surface area contributed by atoms with Crippen LogP contribution in [0.4, 0.5) is 0 Å². The first-order valence-electron chi connectivity index (χ1n) is 8.83. The van der Waals surface area contributed by atoms with Crippen LogP contribution in [0, 0.1) is 0 Å². The summed E-state index contributed by atoms with van der Waals surface area (Å²) in [7, 11) is 0. The fourth-order valence-electron chi connectivity index (χ4n) is 2.38. The van der Waals surface area contributed by atoms with Crippen LogP contribution in [0.25, 0.3) is 0 Å². The maximum atomic E-state index is 10.7. The molecule has 28 heavy (non-hydrogen) atoms. The molecular formula is C20H26ClIN4O2. The molecule has 6 nitrogen and oxygen atoms in total. The third-order valence-electron chi connectivity index (χ3n) is 3.66. The van der Waals surface area contributed by atoms with Crippen molar-refractivity contribution in [2.24, 2.45) is 10.7 Å². The Labute approximate surface area is 187 Å². The number of nitrogens with two attached hydrogens (primary N) is 1. The predicted octanol–water partition coefficient (Wildman–Crippen LogP) is 3.12. The molecule has 2 aromatic rings. The number of nitrogens with one attached hydrogen (secondary N) is 2. The molecule has 1 amide bonds. The molecule has 0 aromatic heterocycles. The standard InChI is InChI=1S/C20H25ClN4O2.HI/c1-2-23-20(25-13-16-4-3-5-17(21)12-16)24-11-10-15-6-8-18(9-7-15)27-14-19(22)26;/h3-9,12H,2,10-11,13-14H2,1H3,(H2,22,26)(H2,23,24,25);1H. The summed E-state index contributed by atoms with van der Waals surface area (Å²) >= 11 is 6.01. The molecule has 2 rings (SSSR count). The van der Waals surface area contributed by atoms with Crippen molar-refractivity contribution in [3.8, 4) is 5.75 Å². The first-order valence-corrected chi connectivity index (χ1v) is 9.21. The van der Waals surface area contributed by atoms with Crippen molar-refractivity contribution in [1.82, 2.24) is 10.6 Å². The number of nitrogens with zero attached hydrogens (tertiary/aromatic N) is 1. The van der Waals surface area contributed by atoms with Crippen molar-refractivity contribution in [1.29, 1.82) is 0 Å². The van der Waals surface area contributed by atoms with Gasteiger partial charge in [0, 0.05) is 18.1 Å². The normalized spacial score (nSPS) is 10.7. The lowest BCUT2D eigenvalue weighted by atomic mass is 10.1. The molecule has 152 valence electrons. The van der Waals surface area contributed by atoms with E-state index >= 15 is 0 Å². The molecule has 0 bridgehead atoms. The zero-order valence-electron chi connectivity index (χ0n) is 15.8. The van der Waals surface area contributed by atoms with Gasteiger partial charge >= 0.3 is 0 Å². The van der Waals surface area contributed by atoms with E-state index in [2.05, 4.69) is 15.6 Å². The maximum Gasteiger partial charge on any atom is 0.255 e. The van der Waals surface area contributed by atoms with E-state index in [4.69, 9.17) is 22.1 Å². The van der Waals surface area contributed by atoms with Gasteiger partial charge in [-0.15, -0.1) is 24.0 Å². The Balaban J connectivity index is 0.00000392. The van der Waals surface area contributed by atoms with Gasteiger partial charge in [-0.1, -0.05) is 35.9 Å². The minimum atomic E-state index is -0.490. The van der Waals surface area contributed by atoms with E-state index in [-0.39, 0.29) is 30.6 Å². The smallest absolute Gasteiger partial charge is 0.255 e. The van der Waals surface area contributed by atoms with Gasteiger partial charge in [0.15, 0.2) is 12.6 Å². The highest BCUT2D eigenvalue weighted by molar-refractivity contribution is 14.0. The number of benzene rings is 2. The molecule has 8 heteroatoms. The van der Waals surface area contributed by atoms with Crippen molar-refractivity contribution in [2.45, 2.75) is 19.9 Å². The number of hydrogen-bond acceptors (Lipinski definition) is 3. The Morgan fingerprint density at radius 1 is 1.14 bits per heavy atom. The Kier molecular flexibility index (Phi) is 11.4. The molecule has 0 aliphatic rings. The molecule has 0 saturated heterocycles. The summed E-state index contributed by atoms with van der Waals surface area (Å²) in [5.74, 6) is 0.900. The average Bonchev–Trinajstić information content (AvgIpc) is 2.65. The SMILES string of the molecule is CCNC(=NCc1cccc(Cl)c1)NCCc1ccc(OCC(N)=O)cc1.I. The predicted molar refractivity (Wildman–Crippen MR) is 125 cm³/mol. The van der Waals surface area contributed by atoms with Gasteiger partial charge in [0.05, 0.1) is 6.54 Å². The van der Waals surface area contributed by atoms with E-state index in [0.717, 1.165) is 36.6 Å². The van der Waals surface area contributed by atoms with Crippen LogP contribution in [0.15, 0.2) is 53.5 Å². The lowest BCUT2D eigenvalue weighted by Crippen LogP contribution is -2.38. The zero-order valence-corrected chi connectivity index (χ0v) is 18.9. The van der Waals surface area contributed by atoms with Gasteiger partial charge in [-0.25, -0.2) is 4.99 Å². The van der Waals surface area contributed by atoms with Crippen LogP contribution >= 0.6 is 35.6 Å². The van der Waals surface area contributed by atoms with E-state index in [9.17, 15) is 4.79 Å². The summed E-state index contributed by atoms with van der Waals surface area (Å²) in [4.78, 5) is 15.3. The van der Waals surface area contributed by atoms with Crippen molar-refractivity contribution in [3.63, 3.8) is 0 Å². The third kappa shape index (κ3) is 9.27. The number of guanidine groups is 1. The second kappa shape index (κ2) is 13.2. The summed E-state index contributed by atoms with van der Waals surface area (Å²) < 4.78 is 5.25. The second-order valence-electron chi connectivity index (χ2n) is 5.90. The molecule has 0 aliphatic carbocycles. The quantitative estimate of drug-likeness (QED) is 0.271. The van der Waals surface area contributed by atoms with Crippen LogP contribution in [-0.2, 0) is 17.8 Å². The fraction of sp³-hybridized carbons (Fsp3) is 0.300. The van der Waals surface area contributed by atoms with E-state index in [1.165, 1.54) is 0 Å². The number of aliphatic imine (C=N–C) groups is 1. The van der Waals surface area contributed by atoms with E-state index in [1.54, 1.807) is 0 Å². The van der Waals surface area contributed by atoms with Crippen LogP contribution in [0.2, 0.25) is 5.02 Å². The summed E-state index contributed by atoms with van der Waals surface area (Å²) in [6.07, 6.45) is 0.831. The van der Waals surface area contributed by atoms with Crippen molar-refractivity contribution in [3.05, 3.63) is 64.7 Å². The molecule has 0 saturated carbocycles. The van der Waals surface area contributed by atoms with Crippen LogP contribution in [0.1, 0.15) is 18.1 Å². The Morgan fingerprint density at radius 3 is 2.54 bits per heavy atom. The first-order chi connectivity index (χ1) is 13.1. The van der Waals surface area contributed by atoms with Gasteiger partial charge in [-0.2, -0.15) is 0 Å². The van der Waals surface area contributed by atoms with Gasteiger partial charge in [0.2, 0.25) is 0 Å². The first kappa shape index (κ1) is 24.0. The molecule has 0 atom stereocenters. The number of carbonyl (C=O) groups is 1. The topological polar surface area (TPSA) is 88.7 Å². The van der Waals surface area contributed by atoms with Crippen LogP contribution < -0.4 is 21.1 Å². The highest BCUT2D eigenvalue weighted by atomic mass is 127. The molecule has 0 unspecified atom stereocenters. The molecule has 0 spiro atoms. The summed E-state index contributed by atoms with van der Waals surface area (Å²) in [5.41, 5.74) is 7.28. The summed E-state index contributed by atoms with van der Waals surface area (Å²) in [6.45, 7) is 4.00. The minimum Gasteiger partial charge on any atom is -0.484 e. The second-order valence-corrected chi connectivity index (χ2v) is 6.34. The summed E-state index contributed by atoms with van der Waals surface area (Å²) in [6, 6.07) is 15.3. The van der Waals surface area contributed by atoms with Gasteiger partial charge < -0.3 is 21.1 Å². The number of ether oxygens (including phenoxy) is 1. The average molecular weight is 517 g/mol. The Morgan fingerprint density at radius 2 is 1.89 bits per heavy atom. The summed E-state index contributed by atoms with van der Waals surface area (Å²) in [5, 5.41) is 7.27. The minimum absolute atomic E-state index is 0. The number of primary amides is 1. The highest BCUT2D eigenvalue weighted by Crippen LogP contribution is 2.12. The monoisotopic (exact) mass is 516 g/mol. The highest BCUT2D eigenvalue weighted by Gasteiger charge is 2.01. The number of hydrogen-bond donors (Lipinski definition) is 3. The van der Waals surface area contributed by atoms with Gasteiger partial charge in [0.25, 0.3) is 5.91 Å². The largest absolute Gasteiger partial charge is 0.484 e. The van der Waals surface area contributed by atoms with Crippen LogP contribution in [0.5, 0.6) is 5.75 Å². The number of amides is 1. The lowest BCUT2D eigenvalue weighted by molar-refractivity contribution is -0.119. The zero-order chi connectivity index (χ0) is 19.5. The van der Waals surface area contributed by atoms with Gasteiger partial charge in [-0.05, 0) is 48.7 Å². The van der Waals surface area contributed by atoms with E-state index < -0.39 is 5.91 Å². The number of carbonyl (C=O) groups excluding carboxylic acids is 1. The van der Waals surface area contributed by atoms with Crippen molar-refractivity contribution in [2.75, 3.05) is 19.7 Å². The lowest BCUT2D eigenvalue weighted by Gasteiger charge is -2.12. The molecule has 0 heterocycles. The molecule has 0 fully saturated rings. The molecule has 0 aliphatic heterocycles. The van der Waals surface area contributed by atoms with Crippen molar-refractivity contribution >= 4 is 47.4 Å². The molecule has 2 aromatic carbocycles. The van der Waals surface area contributed by atoms with E-state index in [0.29, 0.717) is 17.3 Å². The van der Waals surface area contributed by atoms with Crippen LogP contribution in [0.3, 0.4) is 0 Å². The number of halogens is 2. The molecule has 0 radical (unpaired) electrons. The molecular weight excluding hydrogens is 491 g/mol. The Bertz CT molecular complexity index is 769. The molecule has 4 N–H and O–H groups in total. The number of rotatable bonds is 9. The van der Waals surface area contributed by atoms with Crippen LogP contribution in [-0.4, -0.2) is 31.6 Å². The van der Waals surface area contributed by atoms with Crippen molar-refractivity contribution < 1.29 is 9.53 Å². The maximum absolute atomic E-state index is 10.7. The Hall–Kier alpha value is -2.00. The van der Waals surface area contributed by atoms with Gasteiger partial charge in [0.1, 0.15) is 5.75 Å². The van der Waals surface area contributed by atoms with E-state index in [1.807, 2.05) is 55.5 Å². The third-order valence-corrected chi connectivity index (χ3v) is 3.90.